The molecule has 1 atom stereocenters. The predicted octanol–water partition coefficient (Wildman–Crippen LogP) is 3.83. The summed E-state index contributed by atoms with van der Waals surface area (Å²) in [6, 6.07) is 15.7. The molecule has 22 heavy (non-hydrogen) atoms. The first-order chi connectivity index (χ1) is 10.8. The van der Waals surface area contributed by atoms with E-state index in [1.807, 2.05) is 36.4 Å². The number of para-hydroxylation sites is 1. The van der Waals surface area contributed by atoms with Crippen LogP contribution in [0.4, 0.5) is 0 Å². The molecule has 0 spiro atoms. The summed E-state index contributed by atoms with van der Waals surface area (Å²) in [6.07, 6.45) is 3.53. The normalized spacial score (nSPS) is 12.2. The molecule has 2 N–H and O–H groups in total. The molecule has 0 bridgehead atoms. The zero-order chi connectivity index (χ0) is 15.4. The van der Waals surface area contributed by atoms with Crippen LogP contribution in [0.25, 0.3) is 11.0 Å². The molecule has 2 aromatic carbocycles. The van der Waals surface area contributed by atoms with Crippen molar-refractivity contribution >= 4 is 16.9 Å². The van der Waals surface area contributed by atoms with Gasteiger partial charge in [-0.15, -0.1) is 0 Å². The van der Waals surface area contributed by atoms with Crippen LogP contribution in [0, 0.1) is 0 Å². The van der Waals surface area contributed by atoms with Crippen LogP contribution >= 0.6 is 0 Å². The smallest absolute Gasteiger partial charge is 0.254 e. The van der Waals surface area contributed by atoms with Gasteiger partial charge in [-0.2, -0.15) is 0 Å². The van der Waals surface area contributed by atoms with Crippen molar-refractivity contribution in [1.82, 2.24) is 15.3 Å². The fourth-order valence-corrected chi connectivity index (χ4v) is 2.68. The molecular weight excluding hydrogens is 274 g/mol. The molecule has 0 aliphatic heterocycles. The van der Waals surface area contributed by atoms with Crippen LogP contribution in [0.2, 0.25) is 0 Å². The van der Waals surface area contributed by atoms with Crippen molar-refractivity contribution in [2.75, 3.05) is 0 Å². The second-order valence-corrected chi connectivity index (χ2v) is 5.33. The molecule has 1 unspecified atom stereocenters. The molecule has 0 saturated heterocycles. The first kappa shape index (κ1) is 14.3. The summed E-state index contributed by atoms with van der Waals surface area (Å²) >= 11 is 0. The fraction of sp³-hybridized carbons (Fsp3) is 0.222. The van der Waals surface area contributed by atoms with E-state index in [2.05, 4.69) is 34.3 Å². The van der Waals surface area contributed by atoms with Gasteiger partial charge in [0.15, 0.2) is 0 Å². The number of imidazole rings is 1. The minimum absolute atomic E-state index is 0.0212. The van der Waals surface area contributed by atoms with Gasteiger partial charge in [0.05, 0.1) is 23.4 Å². The Labute approximate surface area is 129 Å². The van der Waals surface area contributed by atoms with E-state index in [1.165, 1.54) is 0 Å². The second-order valence-electron chi connectivity index (χ2n) is 5.33. The molecule has 112 valence electrons. The average Bonchev–Trinajstić information content (AvgIpc) is 3.03. The third kappa shape index (κ3) is 2.86. The molecular formula is C18H19N3O. The first-order valence-electron chi connectivity index (χ1n) is 7.57. The number of hydrogen-bond acceptors (Lipinski definition) is 2. The fourth-order valence-electron chi connectivity index (χ4n) is 2.68. The lowest BCUT2D eigenvalue weighted by molar-refractivity contribution is 0.0936. The van der Waals surface area contributed by atoms with Crippen LogP contribution in [0.5, 0.6) is 0 Å². The third-order valence-electron chi connectivity index (χ3n) is 3.78. The molecule has 1 amide bonds. The number of benzene rings is 2. The number of H-pyrrole nitrogens is 1. The lowest BCUT2D eigenvalue weighted by Gasteiger charge is -2.18. The van der Waals surface area contributed by atoms with Crippen LogP contribution in [0.1, 0.15) is 41.7 Å². The van der Waals surface area contributed by atoms with Gasteiger partial charge in [0.2, 0.25) is 0 Å². The van der Waals surface area contributed by atoms with Gasteiger partial charge in [-0.05, 0) is 24.1 Å². The molecule has 0 radical (unpaired) electrons. The number of carbonyl (C=O) groups is 1. The summed E-state index contributed by atoms with van der Waals surface area (Å²) < 4.78 is 0. The predicted molar refractivity (Wildman–Crippen MR) is 87.7 cm³/mol. The Morgan fingerprint density at radius 1 is 1.18 bits per heavy atom. The highest BCUT2D eigenvalue weighted by molar-refractivity contribution is 6.04. The topological polar surface area (TPSA) is 57.8 Å². The van der Waals surface area contributed by atoms with Gasteiger partial charge >= 0.3 is 0 Å². The van der Waals surface area contributed by atoms with Crippen molar-refractivity contribution < 1.29 is 4.79 Å². The molecule has 0 fully saturated rings. The van der Waals surface area contributed by atoms with E-state index >= 15 is 0 Å². The number of aromatic amines is 1. The van der Waals surface area contributed by atoms with Crippen molar-refractivity contribution in [2.24, 2.45) is 0 Å². The zero-order valence-electron chi connectivity index (χ0n) is 12.5. The number of carbonyl (C=O) groups excluding carboxylic acids is 1. The first-order valence-corrected chi connectivity index (χ1v) is 7.57. The minimum atomic E-state index is -0.0833. The van der Waals surface area contributed by atoms with Crippen molar-refractivity contribution in [3.63, 3.8) is 0 Å². The number of nitrogens with one attached hydrogen (secondary N) is 2. The van der Waals surface area contributed by atoms with Crippen molar-refractivity contribution in [2.45, 2.75) is 25.8 Å². The number of hydrogen-bond donors (Lipinski definition) is 2. The maximum Gasteiger partial charge on any atom is 0.254 e. The van der Waals surface area contributed by atoms with E-state index in [0.717, 1.165) is 23.9 Å². The largest absolute Gasteiger partial charge is 0.345 e. The molecule has 1 aromatic heterocycles. The Kier molecular flexibility index (Phi) is 4.19. The molecule has 0 aliphatic rings. The minimum Gasteiger partial charge on any atom is -0.345 e. The lowest BCUT2D eigenvalue weighted by atomic mass is 10.0. The average molecular weight is 293 g/mol. The lowest BCUT2D eigenvalue weighted by Crippen LogP contribution is -2.28. The van der Waals surface area contributed by atoms with Crippen LogP contribution in [0.3, 0.4) is 0 Å². The SMILES string of the molecule is CCCC(NC(=O)c1cccc2[nH]cnc12)c1ccccc1. The summed E-state index contributed by atoms with van der Waals surface area (Å²) in [5, 5.41) is 3.14. The van der Waals surface area contributed by atoms with E-state index in [0.29, 0.717) is 11.1 Å². The molecule has 0 aliphatic carbocycles. The summed E-state index contributed by atoms with van der Waals surface area (Å²) in [5.41, 5.74) is 3.32. The highest BCUT2D eigenvalue weighted by atomic mass is 16.1. The van der Waals surface area contributed by atoms with Crippen LogP contribution in [-0.4, -0.2) is 15.9 Å². The van der Waals surface area contributed by atoms with Gasteiger partial charge in [0.25, 0.3) is 5.91 Å². The molecule has 3 aromatic rings. The van der Waals surface area contributed by atoms with Crippen molar-refractivity contribution in [3.8, 4) is 0 Å². The standard InChI is InChI=1S/C18H19N3O/c1-2-7-15(13-8-4-3-5-9-13)21-18(22)14-10-6-11-16-17(14)20-12-19-16/h3-6,8-12,15H,2,7H2,1H3,(H,19,20)(H,21,22). The van der Waals surface area contributed by atoms with Gasteiger partial charge in [-0.3, -0.25) is 4.79 Å². The summed E-state index contributed by atoms with van der Waals surface area (Å²) in [6.45, 7) is 2.12. The highest BCUT2D eigenvalue weighted by Crippen LogP contribution is 2.20. The van der Waals surface area contributed by atoms with Gasteiger partial charge in [-0.1, -0.05) is 49.7 Å². The highest BCUT2D eigenvalue weighted by Gasteiger charge is 2.17. The monoisotopic (exact) mass is 293 g/mol. The van der Waals surface area contributed by atoms with Gasteiger partial charge in [0.1, 0.15) is 5.52 Å². The Balaban J connectivity index is 1.86. The van der Waals surface area contributed by atoms with Crippen molar-refractivity contribution in [3.05, 3.63) is 66.0 Å². The molecule has 3 rings (SSSR count). The van der Waals surface area contributed by atoms with E-state index in [4.69, 9.17) is 0 Å². The van der Waals surface area contributed by atoms with Crippen LogP contribution in [0.15, 0.2) is 54.9 Å². The Hall–Kier alpha value is -2.62. The Morgan fingerprint density at radius 3 is 2.77 bits per heavy atom. The van der Waals surface area contributed by atoms with E-state index < -0.39 is 0 Å². The molecule has 1 heterocycles. The van der Waals surface area contributed by atoms with Gasteiger partial charge in [-0.25, -0.2) is 4.98 Å². The summed E-state index contributed by atoms with van der Waals surface area (Å²) in [5.74, 6) is -0.0833. The Bertz CT molecular complexity index is 764. The van der Waals surface area contributed by atoms with E-state index in [1.54, 1.807) is 6.33 Å². The Morgan fingerprint density at radius 2 is 2.00 bits per heavy atom. The maximum atomic E-state index is 12.7. The number of fused-ring (bicyclic) bond motifs is 1. The van der Waals surface area contributed by atoms with E-state index in [-0.39, 0.29) is 11.9 Å². The van der Waals surface area contributed by atoms with Gasteiger partial charge in [0, 0.05) is 0 Å². The zero-order valence-corrected chi connectivity index (χ0v) is 12.5. The van der Waals surface area contributed by atoms with Crippen molar-refractivity contribution in [1.29, 1.82) is 0 Å². The number of aromatic nitrogens is 2. The number of rotatable bonds is 5. The number of nitrogens with zero attached hydrogens (tertiary/aromatic N) is 1. The number of amides is 1. The molecule has 0 saturated carbocycles. The molecule has 4 nitrogen and oxygen atoms in total. The van der Waals surface area contributed by atoms with Crippen LogP contribution in [-0.2, 0) is 0 Å². The summed E-state index contributed by atoms with van der Waals surface area (Å²) in [4.78, 5) is 19.9. The van der Waals surface area contributed by atoms with Gasteiger partial charge < -0.3 is 10.3 Å². The molecule has 4 heteroatoms. The summed E-state index contributed by atoms with van der Waals surface area (Å²) in [7, 11) is 0. The maximum absolute atomic E-state index is 12.7. The second kappa shape index (κ2) is 6.43. The van der Waals surface area contributed by atoms with E-state index in [9.17, 15) is 4.79 Å². The third-order valence-corrected chi connectivity index (χ3v) is 3.78. The quantitative estimate of drug-likeness (QED) is 0.751. The van der Waals surface area contributed by atoms with Crippen LogP contribution < -0.4 is 5.32 Å².